The van der Waals surface area contributed by atoms with Crippen molar-refractivity contribution in [2.45, 2.75) is 33.1 Å². The molecule has 0 atom stereocenters. The topological polar surface area (TPSA) is 43.4 Å². The predicted molar refractivity (Wildman–Crippen MR) is 40.7 cm³/mol. The third-order valence-electron chi connectivity index (χ3n) is 1.42. The molecule has 1 aromatic heterocycles. The zero-order chi connectivity index (χ0) is 8.65. The first-order valence-corrected chi connectivity index (χ1v) is 3.52. The van der Waals surface area contributed by atoms with E-state index in [-0.39, 0.29) is 5.41 Å². The van der Waals surface area contributed by atoms with Gasteiger partial charge in [0.2, 0.25) is 0 Å². The first kappa shape index (κ1) is 8.11. The minimum Gasteiger partial charge on any atom is -0.396 e. The predicted octanol–water partition coefficient (Wildman–Crippen LogP) is 1.84. The third kappa shape index (κ3) is 1.53. The van der Waals surface area contributed by atoms with Crippen LogP contribution in [0, 0.1) is 6.92 Å². The molecule has 0 spiro atoms. The molecule has 0 aromatic carbocycles. The Hall–Kier alpha value is -0.990. The van der Waals surface area contributed by atoms with E-state index in [9.17, 15) is 4.79 Å². The van der Waals surface area contributed by atoms with E-state index >= 15 is 0 Å². The van der Waals surface area contributed by atoms with Crippen LogP contribution >= 0.6 is 0 Å². The van der Waals surface area contributed by atoms with Crippen LogP contribution in [0.1, 0.15) is 32.3 Å². The molecule has 1 rings (SSSR count). The van der Waals surface area contributed by atoms with Crippen molar-refractivity contribution in [3.8, 4) is 0 Å². The van der Waals surface area contributed by atoms with E-state index in [4.69, 9.17) is 8.83 Å². The molecule has 0 bridgehead atoms. The molecule has 0 saturated carbocycles. The smallest absolute Gasteiger partial charge is 0.396 e. The summed E-state index contributed by atoms with van der Waals surface area (Å²) in [6.07, 6.45) is 0. The highest BCUT2D eigenvalue weighted by Gasteiger charge is 2.22. The van der Waals surface area contributed by atoms with E-state index in [1.54, 1.807) is 6.92 Å². The van der Waals surface area contributed by atoms with Gasteiger partial charge in [-0.05, 0) is 6.92 Å². The van der Waals surface area contributed by atoms with Gasteiger partial charge in [-0.2, -0.15) is 0 Å². The highest BCUT2D eigenvalue weighted by atomic mass is 16.6. The number of hydrogen-bond donors (Lipinski definition) is 0. The monoisotopic (exact) mass is 156 g/mol. The van der Waals surface area contributed by atoms with Crippen molar-refractivity contribution in [3.63, 3.8) is 0 Å². The fourth-order valence-corrected chi connectivity index (χ4v) is 1.03. The van der Waals surface area contributed by atoms with Gasteiger partial charge in [-0.25, -0.2) is 4.79 Å². The molecule has 0 aliphatic heterocycles. The van der Waals surface area contributed by atoms with Crippen molar-refractivity contribution in [1.29, 1.82) is 0 Å². The van der Waals surface area contributed by atoms with Crippen molar-refractivity contribution in [1.82, 2.24) is 0 Å². The van der Waals surface area contributed by atoms with Crippen molar-refractivity contribution in [3.05, 3.63) is 22.1 Å². The molecule has 3 heteroatoms. The van der Waals surface area contributed by atoms with Crippen LogP contribution in [0.15, 0.2) is 13.6 Å². The molecule has 1 heterocycles. The van der Waals surface area contributed by atoms with Gasteiger partial charge < -0.3 is 8.83 Å². The zero-order valence-electron chi connectivity index (χ0n) is 7.22. The highest BCUT2D eigenvalue weighted by Crippen LogP contribution is 2.23. The molecule has 0 unspecified atom stereocenters. The van der Waals surface area contributed by atoms with Gasteiger partial charge in [0.25, 0.3) is 0 Å². The Morgan fingerprint density at radius 3 is 1.91 bits per heavy atom. The maximum Gasteiger partial charge on any atom is 0.519 e. The van der Waals surface area contributed by atoms with Crippen molar-refractivity contribution in [2.24, 2.45) is 0 Å². The SMILES string of the molecule is Cc1oc(=O)oc1C(C)(C)C. The summed E-state index contributed by atoms with van der Waals surface area (Å²) in [5, 5.41) is 0. The second-order valence-corrected chi connectivity index (χ2v) is 3.59. The first-order valence-electron chi connectivity index (χ1n) is 3.52. The van der Waals surface area contributed by atoms with Crippen molar-refractivity contribution >= 4 is 0 Å². The fraction of sp³-hybridized carbons (Fsp3) is 0.625. The Bertz CT molecular complexity index is 298. The van der Waals surface area contributed by atoms with E-state index in [0.29, 0.717) is 11.5 Å². The molecular weight excluding hydrogens is 144 g/mol. The van der Waals surface area contributed by atoms with Gasteiger partial charge in [-0.15, -0.1) is 0 Å². The maximum absolute atomic E-state index is 10.6. The summed E-state index contributed by atoms with van der Waals surface area (Å²) in [6.45, 7) is 7.63. The lowest BCUT2D eigenvalue weighted by Crippen LogP contribution is -2.11. The Morgan fingerprint density at radius 1 is 1.18 bits per heavy atom. The zero-order valence-corrected chi connectivity index (χ0v) is 7.22. The Balaban J connectivity index is 3.24. The lowest BCUT2D eigenvalue weighted by atomic mass is 9.92. The molecule has 0 N–H and O–H groups in total. The quantitative estimate of drug-likeness (QED) is 0.575. The summed E-state index contributed by atoms with van der Waals surface area (Å²) in [7, 11) is 0. The van der Waals surface area contributed by atoms with Crippen LogP contribution in [0.25, 0.3) is 0 Å². The van der Waals surface area contributed by atoms with Crippen LogP contribution in [-0.2, 0) is 5.41 Å². The van der Waals surface area contributed by atoms with Crippen LogP contribution in [0.4, 0.5) is 0 Å². The van der Waals surface area contributed by atoms with Gasteiger partial charge in [0.1, 0.15) is 5.76 Å². The van der Waals surface area contributed by atoms with Crippen LogP contribution in [-0.4, -0.2) is 0 Å². The van der Waals surface area contributed by atoms with Gasteiger partial charge in [-0.1, -0.05) is 20.8 Å². The third-order valence-corrected chi connectivity index (χ3v) is 1.42. The van der Waals surface area contributed by atoms with Crippen LogP contribution < -0.4 is 5.82 Å². The molecule has 62 valence electrons. The van der Waals surface area contributed by atoms with Gasteiger partial charge in [0.05, 0.1) is 0 Å². The Morgan fingerprint density at radius 2 is 1.73 bits per heavy atom. The van der Waals surface area contributed by atoms with E-state index in [2.05, 4.69) is 0 Å². The maximum atomic E-state index is 10.6. The van der Waals surface area contributed by atoms with Crippen LogP contribution in [0.3, 0.4) is 0 Å². The normalized spacial score (nSPS) is 12.0. The summed E-state index contributed by atoms with van der Waals surface area (Å²) in [6, 6.07) is 0. The standard InChI is InChI=1S/C8H12O3/c1-5-6(8(2,3)4)11-7(9)10-5/h1-4H3. The van der Waals surface area contributed by atoms with E-state index in [1.807, 2.05) is 20.8 Å². The fourth-order valence-electron chi connectivity index (χ4n) is 1.03. The molecule has 0 radical (unpaired) electrons. The van der Waals surface area contributed by atoms with Gasteiger partial charge in [0.15, 0.2) is 5.76 Å². The molecule has 0 amide bonds. The average Bonchev–Trinajstić information content (AvgIpc) is 2.08. The van der Waals surface area contributed by atoms with Gasteiger partial charge in [-0.3, -0.25) is 0 Å². The molecule has 0 saturated heterocycles. The molecule has 11 heavy (non-hydrogen) atoms. The number of hydrogen-bond acceptors (Lipinski definition) is 3. The second-order valence-electron chi connectivity index (χ2n) is 3.59. The van der Waals surface area contributed by atoms with Gasteiger partial charge >= 0.3 is 5.82 Å². The molecular formula is C8H12O3. The number of aryl methyl sites for hydroxylation is 1. The molecule has 1 aromatic rings. The molecule has 3 nitrogen and oxygen atoms in total. The molecule has 0 aliphatic rings. The van der Waals surface area contributed by atoms with E-state index in [0.717, 1.165) is 0 Å². The lowest BCUT2D eigenvalue weighted by Gasteiger charge is -2.13. The second kappa shape index (κ2) is 2.26. The Kier molecular flexibility index (Phi) is 1.66. The van der Waals surface area contributed by atoms with E-state index < -0.39 is 5.82 Å². The summed E-state index contributed by atoms with van der Waals surface area (Å²) in [5.74, 6) is 0.581. The van der Waals surface area contributed by atoms with Crippen LogP contribution in [0.5, 0.6) is 0 Å². The highest BCUT2D eigenvalue weighted by molar-refractivity contribution is 5.11. The van der Waals surface area contributed by atoms with Crippen LogP contribution in [0.2, 0.25) is 0 Å². The molecule has 0 fully saturated rings. The Labute approximate surface area is 65.0 Å². The lowest BCUT2D eigenvalue weighted by molar-refractivity contribution is 0.344. The molecule has 0 aliphatic carbocycles. The minimum absolute atomic E-state index is 0.157. The van der Waals surface area contributed by atoms with E-state index in [1.165, 1.54) is 0 Å². The van der Waals surface area contributed by atoms with Crippen molar-refractivity contribution < 1.29 is 8.83 Å². The largest absolute Gasteiger partial charge is 0.519 e. The van der Waals surface area contributed by atoms with Gasteiger partial charge in [0, 0.05) is 5.41 Å². The summed E-state index contributed by atoms with van der Waals surface area (Å²) in [5.41, 5.74) is -0.157. The first-order chi connectivity index (χ1) is 4.91. The minimum atomic E-state index is -0.618. The summed E-state index contributed by atoms with van der Waals surface area (Å²) < 4.78 is 9.58. The summed E-state index contributed by atoms with van der Waals surface area (Å²) in [4.78, 5) is 10.6. The number of rotatable bonds is 0. The summed E-state index contributed by atoms with van der Waals surface area (Å²) >= 11 is 0. The average molecular weight is 156 g/mol. The van der Waals surface area contributed by atoms with Crippen molar-refractivity contribution in [2.75, 3.05) is 0 Å².